The number of hydrogen-bond acceptors (Lipinski definition) is 3. The minimum atomic E-state index is -0.0332. The van der Waals surface area contributed by atoms with Gasteiger partial charge in [0.2, 0.25) is 5.91 Å². The third kappa shape index (κ3) is 3.96. The molecule has 1 aromatic carbocycles. The summed E-state index contributed by atoms with van der Waals surface area (Å²) in [5, 5.41) is 21.5. The van der Waals surface area contributed by atoms with Gasteiger partial charge in [-0.1, -0.05) is 18.6 Å². The number of aromatic hydroxyl groups is 1. The van der Waals surface area contributed by atoms with Crippen molar-refractivity contribution < 1.29 is 15.0 Å². The van der Waals surface area contributed by atoms with E-state index in [1.165, 1.54) is 0 Å². The molecule has 2 unspecified atom stereocenters. The predicted molar refractivity (Wildman–Crippen MR) is 72.7 cm³/mol. The molecular formula is C15H21NO3. The standard InChI is InChI=1S/C15H21NO3/c17-10-13-5-2-4-12(13)9-16-15(19)8-11-3-1-6-14(18)7-11/h1,3,6-7,12-13,17-18H,2,4-5,8-10H2,(H,16,19). The van der Waals surface area contributed by atoms with Gasteiger partial charge in [-0.3, -0.25) is 4.79 Å². The zero-order chi connectivity index (χ0) is 13.7. The van der Waals surface area contributed by atoms with Crippen LogP contribution in [0.1, 0.15) is 24.8 Å². The van der Waals surface area contributed by atoms with Crippen LogP contribution in [0.4, 0.5) is 0 Å². The first-order valence-electron chi connectivity index (χ1n) is 6.84. The number of rotatable bonds is 5. The molecule has 2 atom stereocenters. The third-order valence-electron chi connectivity index (χ3n) is 3.89. The van der Waals surface area contributed by atoms with E-state index in [0.717, 1.165) is 24.8 Å². The van der Waals surface area contributed by atoms with Gasteiger partial charge < -0.3 is 15.5 Å². The minimum Gasteiger partial charge on any atom is -0.508 e. The lowest BCUT2D eigenvalue weighted by molar-refractivity contribution is -0.120. The molecule has 3 N–H and O–H groups in total. The summed E-state index contributed by atoms with van der Waals surface area (Å²) in [6.07, 6.45) is 3.56. The van der Waals surface area contributed by atoms with Crippen molar-refractivity contribution in [3.05, 3.63) is 29.8 Å². The first kappa shape index (κ1) is 13.9. The molecule has 19 heavy (non-hydrogen) atoms. The van der Waals surface area contributed by atoms with Gasteiger partial charge in [0, 0.05) is 13.2 Å². The number of hydrogen-bond donors (Lipinski definition) is 3. The summed E-state index contributed by atoms with van der Waals surface area (Å²) in [4.78, 5) is 11.8. The van der Waals surface area contributed by atoms with E-state index < -0.39 is 0 Å². The molecule has 0 saturated heterocycles. The fraction of sp³-hybridized carbons (Fsp3) is 0.533. The summed E-state index contributed by atoms with van der Waals surface area (Å²) < 4.78 is 0. The normalized spacial score (nSPS) is 22.4. The van der Waals surface area contributed by atoms with Gasteiger partial charge in [0.05, 0.1) is 6.42 Å². The second-order valence-electron chi connectivity index (χ2n) is 5.28. The van der Waals surface area contributed by atoms with E-state index in [2.05, 4.69) is 5.32 Å². The van der Waals surface area contributed by atoms with Crippen LogP contribution in [-0.4, -0.2) is 29.3 Å². The molecule has 4 nitrogen and oxygen atoms in total. The van der Waals surface area contributed by atoms with Crippen molar-refractivity contribution in [2.75, 3.05) is 13.2 Å². The number of aliphatic hydroxyl groups excluding tert-OH is 1. The Morgan fingerprint density at radius 2 is 2.11 bits per heavy atom. The molecule has 1 aromatic rings. The summed E-state index contributed by atoms with van der Waals surface area (Å²) in [5.74, 6) is 0.884. The van der Waals surface area contributed by atoms with Gasteiger partial charge in [-0.25, -0.2) is 0 Å². The van der Waals surface area contributed by atoms with E-state index >= 15 is 0 Å². The summed E-state index contributed by atoms with van der Waals surface area (Å²) in [6, 6.07) is 6.75. The Morgan fingerprint density at radius 1 is 1.32 bits per heavy atom. The average molecular weight is 263 g/mol. The highest BCUT2D eigenvalue weighted by atomic mass is 16.3. The van der Waals surface area contributed by atoms with Crippen molar-refractivity contribution in [3.8, 4) is 5.75 Å². The van der Waals surface area contributed by atoms with E-state index in [-0.39, 0.29) is 24.7 Å². The van der Waals surface area contributed by atoms with E-state index in [0.29, 0.717) is 18.4 Å². The van der Waals surface area contributed by atoms with Crippen LogP contribution < -0.4 is 5.32 Å². The summed E-state index contributed by atoms with van der Waals surface area (Å²) in [6.45, 7) is 0.857. The highest BCUT2D eigenvalue weighted by Gasteiger charge is 2.26. The number of amides is 1. The Bertz CT molecular complexity index is 433. The van der Waals surface area contributed by atoms with Crippen LogP contribution in [0, 0.1) is 11.8 Å². The maximum Gasteiger partial charge on any atom is 0.224 e. The van der Waals surface area contributed by atoms with Gasteiger partial charge >= 0.3 is 0 Å². The Kier molecular flexibility index (Phi) is 4.80. The number of phenols is 1. The number of nitrogens with one attached hydrogen (secondary N) is 1. The molecule has 1 aliphatic carbocycles. The summed E-state index contributed by atoms with van der Waals surface area (Å²) in [5.41, 5.74) is 0.808. The molecule has 0 aliphatic heterocycles. The molecule has 0 spiro atoms. The minimum absolute atomic E-state index is 0.0332. The third-order valence-corrected chi connectivity index (χ3v) is 3.89. The summed E-state index contributed by atoms with van der Waals surface area (Å²) in [7, 11) is 0. The van der Waals surface area contributed by atoms with Gasteiger partial charge in [-0.2, -0.15) is 0 Å². The number of aliphatic hydroxyl groups is 1. The van der Waals surface area contributed by atoms with Crippen LogP contribution in [0.5, 0.6) is 5.75 Å². The van der Waals surface area contributed by atoms with Crippen LogP contribution in [-0.2, 0) is 11.2 Å². The second-order valence-corrected chi connectivity index (χ2v) is 5.28. The molecule has 1 fully saturated rings. The Hall–Kier alpha value is -1.55. The molecule has 0 radical (unpaired) electrons. The molecular weight excluding hydrogens is 242 g/mol. The first-order valence-corrected chi connectivity index (χ1v) is 6.84. The van der Waals surface area contributed by atoms with Crippen LogP contribution in [0.2, 0.25) is 0 Å². The van der Waals surface area contributed by atoms with Crippen molar-refractivity contribution in [1.29, 1.82) is 0 Å². The van der Waals surface area contributed by atoms with Gasteiger partial charge in [0.1, 0.15) is 5.75 Å². The molecule has 0 aromatic heterocycles. The second kappa shape index (κ2) is 6.57. The topological polar surface area (TPSA) is 69.6 Å². The van der Waals surface area contributed by atoms with E-state index in [1.807, 2.05) is 6.07 Å². The average Bonchev–Trinajstić information content (AvgIpc) is 2.83. The zero-order valence-corrected chi connectivity index (χ0v) is 11.0. The van der Waals surface area contributed by atoms with Gasteiger partial charge in [-0.15, -0.1) is 0 Å². The number of benzene rings is 1. The predicted octanol–water partition coefficient (Wildman–Crippen LogP) is 1.46. The Balaban J connectivity index is 1.78. The van der Waals surface area contributed by atoms with E-state index in [9.17, 15) is 15.0 Å². The van der Waals surface area contributed by atoms with Crippen molar-refractivity contribution >= 4 is 5.91 Å². The van der Waals surface area contributed by atoms with Crippen molar-refractivity contribution in [2.24, 2.45) is 11.8 Å². The zero-order valence-electron chi connectivity index (χ0n) is 11.0. The fourth-order valence-electron chi connectivity index (χ4n) is 2.78. The molecule has 2 rings (SSSR count). The molecule has 1 amide bonds. The molecule has 4 heteroatoms. The SMILES string of the molecule is O=C(Cc1cccc(O)c1)NCC1CCCC1CO. The monoisotopic (exact) mass is 263 g/mol. The van der Waals surface area contributed by atoms with Gasteiger partial charge in [0.15, 0.2) is 0 Å². The summed E-state index contributed by atoms with van der Waals surface area (Å²) >= 11 is 0. The number of carbonyl (C=O) groups is 1. The largest absolute Gasteiger partial charge is 0.508 e. The van der Waals surface area contributed by atoms with Crippen molar-refractivity contribution in [1.82, 2.24) is 5.32 Å². The maximum atomic E-state index is 11.8. The quantitative estimate of drug-likeness (QED) is 0.753. The lowest BCUT2D eigenvalue weighted by Gasteiger charge is -2.17. The molecule has 104 valence electrons. The van der Waals surface area contributed by atoms with Crippen LogP contribution in [0.25, 0.3) is 0 Å². The van der Waals surface area contributed by atoms with Crippen molar-refractivity contribution in [2.45, 2.75) is 25.7 Å². The highest BCUT2D eigenvalue weighted by molar-refractivity contribution is 5.78. The van der Waals surface area contributed by atoms with Gasteiger partial charge in [-0.05, 0) is 42.4 Å². The first-order chi connectivity index (χ1) is 9.19. The highest BCUT2D eigenvalue weighted by Crippen LogP contribution is 2.30. The maximum absolute atomic E-state index is 11.8. The van der Waals surface area contributed by atoms with Crippen molar-refractivity contribution in [3.63, 3.8) is 0 Å². The molecule has 0 bridgehead atoms. The van der Waals surface area contributed by atoms with Crippen LogP contribution >= 0.6 is 0 Å². The smallest absolute Gasteiger partial charge is 0.224 e. The Labute approximate surface area is 113 Å². The molecule has 1 saturated carbocycles. The molecule has 1 aliphatic rings. The number of phenolic OH excluding ortho intramolecular Hbond substituents is 1. The van der Waals surface area contributed by atoms with E-state index in [4.69, 9.17) is 0 Å². The van der Waals surface area contributed by atoms with Gasteiger partial charge in [0.25, 0.3) is 0 Å². The fourth-order valence-corrected chi connectivity index (χ4v) is 2.78. The van der Waals surface area contributed by atoms with Crippen LogP contribution in [0.3, 0.4) is 0 Å². The number of carbonyl (C=O) groups excluding carboxylic acids is 1. The van der Waals surface area contributed by atoms with Crippen LogP contribution in [0.15, 0.2) is 24.3 Å². The Morgan fingerprint density at radius 3 is 2.84 bits per heavy atom. The lowest BCUT2D eigenvalue weighted by atomic mass is 9.97. The van der Waals surface area contributed by atoms with E-state index in [1.54, 1.807) is 18.2 Å². The molecule has 0 heterocycles. The lowest BCUT2D eigenvalue weighted by Crippen LogP contribution is -2.32.